The number of anilines is 1. The van der Waals surface area contributed by atoms with Gasteiger partial charge in [-0.05, 0) is 35.9 Å². The average Bonchev–Trinajstić information content (AvgIpc) is 3.42. The Labute approximate surface area is 205 Å². The molecule has 0 aliphatic carbocycles. The van der Waals surface area contributed by atoms with E-state index in [0.717, 1.165) is 0 Å². The highest BCUT2D eigenvalue weighted by atomic mass is 35.5. The molecule has 5 rings (SSSR count). The van der Waals surface area contributed by atoms with Crippen LogP contribution in [0.25, 0.3) is 11.0 Å². The summed E-state index contributed by atoms with van der Waals surface area (Å²) in [6.07, 6.45) is 3.11. The maximum atomic E-state index is 13.8. The molecule has 0 fully saturated rings. The van der Waals surface area contributed by atoms with Crippen LogP contribution in [0.4, 0.5) is 5.69 Å². The first-order chi connectivity index (χ1) is 16.9. The van der Waals surface area contributed by atoms with Crippen molar-refractivity contribution in [2.24, 2.45) is 0 Å². The highest BCUT2D eigenvalue weighted by molar-refractivity contribution is 6.31. The molecule has 1 atom stereocenters. The van der Waals surface area contributed by atoms with Crippen LogP contribution in [0.5, 0.6) is 11.5 Å². The number of aliphatic hydroxyl groups is 1. The first-order valence-corrected chi connectivity index (χ1v) is 10.9. The van der Waals surface area contributed by atoms with Gasteiger partial charge in [0.25, 0.3) is 5.91 Å². The second kappa shape index (κ2) is 8.81. The molecule has 35 heavy (non-hydrogen) atoms. The van der Waals surface area contributed by atoms with Crippen molar-refractivity contribution in [1.29, 1.82) is 0 Å². The lowest BCUT2D eigenvalue weighted by atomic mass is 9.96. The second-order valence-electron chi connectivity index (χ2n) is 7.76. The van der Waals surface area contributed by atoms with Crippen LogP contribution in [0.2, 0.25) is 5.02 Å². The van der Waals surface area contributed by atoms with Gasteiger partial charge in [0.1, 0.15) is 5.75 Å². The molecule has 1 aliphatic heterocycles. The number of benzene rings is 2. The van der Waals surface area contributed by atoms with E-state index in [2.05, 4.69) is 4.98 Å². The lowest BCUT2D eigenvalue weighted by Crippen LogP contribution is -2.31. The topological polar surface area (TPSA) is 102 Å². The van der Waals surface area contributed by atoms with Gasteiger partial charge in [-0.2, -0.15) is 0 Å². The summed E-state index contributed by atoms with van der Waals surface area (Å²) in [6, 6.07) is 14.0. The number of ether oxygens (including phenoxy) is 2. The van der Waals surface area contributed by atoms with Gasteiger partial charge in [-0.3, -0.25) is 19.5 Å². The molecule has 8 nitrogen and oxygen atoms in total. The Morgan fingerprint density at radius 3 is 2.57 bits per heavy atom. The van der Waals surface area contributed by atoms with Crippen LogP contribution in [0.1, 0.15) is 22.2 Å². The van der Waals surface area contributed by atoms with E-state index < -0.39 is 23.5 Å². The third-order valence-electron chi connectivity index (χ3n) is 5.79. The summed E-state index contributed by atoms with van der Waals surface area (Å²) >= 11 is 6.15. The molecule has 1 amide bonds. The molecule has 3 heterocycles. The fourth-order valence-corrected chi connectivity index (χ4v) is 4.47. The molecule has 1 aliphatic rings. The maximum Gasteiger partial charge on any atom is 0.294 e. The number of carbonyl (C=O) groups excluding carboxylic acids is 2. The third kappa shape index (κ3) is 3.68. The number of aromatic nitrogens is 1. The number of Topliss-reactive ketones (excluding diaryl/α,β-unsaturated/α-hetero) is 1. The fraction of sp³-hybridized carbons (Fsp3) is 0.115. The number of nitrogens with zero attached hydrogens (tertiary/aromatic N) is 2. The van der Waals surface area contributed by atoms with Gasteiger partial charge >= 0.3 is 0 Å². The van der Waals surface area contributed by atoms with Gasteiger partial charge in [0.2, 0.25) is 5.78 Å². The Hall–Kier alpha value is -4.30. The van der Waals surface area contributed by atoms with E-state index in [0.29, 0.717) is 38.7 Å². The highest BCUT2D eigenvalue weighted by Gasteiger charge is 2.46. The van der Waals surface area contributed by atoms with E-state index in [1.807, 2.05) is 0 Å². The Bertz CT molecular complexity index is 1490. The number of aliphatic hydroxyl groups excluding tert-OH is 1. The zero-order valence-corrected chi connectivity index (χ0v) is 19.4. The summed E-state index contributed by atoms with van der Waals surface area (Å²) < 4.78 is 16.6. The van der Waals surface area contributed by atoms with E-state index in [9.17, 15) is 14.7 Å². The molecule has 0 bridgehead atoms. The number of halogens is 1. The average molecular weight is 491 g/mol. The van der Waals surface area contributed by atoms with Crippen LogP contribution in [-0.2, 0) is 4.79 Å². The smallest absolute Gasteiger partial charge is 0.294 e. The number of methoxy groups -OCH3 is 2. The molecule has 176 valence electrons. The van der Waals surface area contributed by atoms with E-state index in [1.54, 1.807) is 54.7 Å². The zero-order chi connectivity index (χ0) is 24.7. The molecule has 1 N–H and O–H groups in total. The minimum Gasteiger partial charge on any atom is -0.503 e. The van der Waals surface area contributed by atoms with Crippen molar-refractivity contribution in [3.63, 3.8) is 0 Å². The van der Waals surface area contributed by atoms with Crippen molar-refractivity contribution in [1.82, 2.24) is 4.98 Å². The first-order valence-electron chi connectivity index (χ1n) is 10.6. The predicted molar refractivity (Wildman–Crippen MR) is 129 cm³/mol. The van der Waals surface area contributed by atoms with Crippen LogP contribution >= 0.6 is 11.6 Å². The van der Waals surface area contributed by atoms with Crippen molar-refractivity contribution in [2.45, 2.75) is 6.04 Å². The van der Waals surface area contributed by atoms with Gasteiger partial charge in [0.05, 0.1) is 31.5 Å². The lowest BCUT2D eigenvalue weighted by Gasteiger charge is -2.27. The largest absolute Gasteiger partial charge is 0.503 e. The normalized spacial score (nSPS) is 15.7. The summed E-state index contributed by atoms with van der Waals surface area (Å²) in [5.74, 6) is -1.41. The fourth-order valence-electron chi connectivity index (χ4n) is 4.25. The van der Waals surface area contributed by atoms with Crippen molar-refractivity contribution >= 4 is 39.9 Å². The number of pyridine rings is 1. The summed E-state index contributed by atoms with van der Waals surface area (Å²) in [4.78, 5) is 32.6. The van der Waals surface area contributed by atoms with Gasteiger partial charge in [-0.1, -0.05) is 29.8 Å². The highest BCUT2D eigenvalue weighted by Crippen LogP contribution is 2.45. The van der Waals surface area contributed by atoms with Crippen molar-refractivity contribution in [3.05, 3.63) is 94.7 Å². The summed E-state index contributed by atoms with van der Waals surface area (Å²) in [6.45, 7) is 0. The van der Waals surface area contributed by atoms with Gasteiger partial charge in [-0.15, -0.1) is 0 Å². The molecule has 2 aromatic heterocycles. The van der Waals surface area contributed by atoms with Crippen LogP contribution in [0, 0.1) is 0 Å². The first kappa shape index (κ1) is 22.5. The van der Waals surface area contributed by atoms with Gasteiger partial charge < -0.3 is 19.0 Å². The summed E-state index contributed by atoms with van der Waals surface area (Å²) in [5.41, 5.74) is 1.10. The van der Waals surface area contributed by atoms with Gasteiger partial charge in [0.15, 0.2) is 22.9 Å². The molecule has 4 aromatic rings. The molecule has 0 saturated carbocycles. The van der Waals surface area contributed by atoms with Gasteiger partial charge in [0, 0.05) is 28.9 Å². The molecule has 9 heteroatoms. The quantitative estimate of drug-likeness (QED) is 0.367. The Morgan fingerprint density at radius 1 is 1.09 bits per heavy atom. The molecular weight excluding hydrogens is 472 g/mol. The van der Waals surface area contributed by atoms with Crippen molar-refractivity contribution < 1.29 is 28.6 Å². The molecule has 0 saturated heterocycles. The summed E-state index contributed by atoms with van der Waals surface area (Å²) in [7, 11) is 2.94. The van der Waals surface area contributed by atoms with Gasteiger partial charge in [-0.25, -0.2) is 0 Å². The predicted octanol–water partition coefficient (Wildman–Crippen LogP) is 5.28. The number of amides is 1. The molecule has 0 radical (unpaired) electrons. The van der Waals surface area contributed by atoms with E-state index in [4.69, 9.17) is 25.5 Å². The van der Waals surface area contributed by atoms with Crippen LogP contribution in [0.3, 0.4) is 0 Å². The lowest BCUT2D eigenvalue weighted by molar-refractivity contribution is -0.117. The van der Waals surface area contributed by atoms with Crippen LogP contribution in [0.15, 0.2) is 82.7 Å². The second-order valence-corrected chi connectivity index (χ2v) is 8.20. The standard InChI is InChI=1S/C26H19ClN2O6/c1-33-18-8-4-3-7-17(18)29-22(14-6-5-9-28-13-14)21(24(31)26(29)32)23(30)19-11-15-10-16(27)12-20(34-2)25(15)35-19/h3-13,22,31H,1-2H3. The third-order valence-corrected chi connectivity index (χ3v) is 6.01. The Kier molecular flexibility index (Phi) is 5.66. The maximum absolute atomic E-state index is 13.8. The minimum absolute atomic E-state index is 0.0781. The minimum atomic E-state index is -0.973. The summed E-state index contributed by atoms with van der Waals surface area (Å²) in [5, 5.41) is 11.9. The Morgan fingerprint density at radius 2 is 1.86 bits per heavy atom. The number of hydrogen-bond donors (Lipinski definition) is 1. The monoisotopic (exact) mass is 490 g/mol. The number of carbonyl (C=O) groups is 2. The van der Waals surface area contributed by atoms with E-state index in [1.165, 1.54) is 31.4 Å². The van der Waals surface area contributed by atoms with Crippen LogP contribution < -0.4 is 14.4 Å². The molecule has 0 spiro atoms. The van der Waals surface area contributed by atoms with E-state index >= 15 is 0 Å². The number of hydrogen-bond acceptors (Lipinski definition) is 7. The number of fused-ring (bicyclic) bond motifs is 1. The van der Waals surface area contributed by atoms with E-state index in [-0.39, 0.29) is 11.3 Å². The molecular formula is C26H19ClN2O6. The number of para-hydroxylation sites is 2. The molecule has 2 aromatic carbocycles. The molecule has 1 unspecified atom stereocenters. The number of ketones is 1. The van der Waals surface area contributed by atoms with Crippen LogP contribution in [-0.4, -0.2) is 36.0 Å². The van der Waals surface area contributed by atoms with Crippen molar-refractivity contribution in [3.8, 4) is 11.5 Å². The Balaban J connectivity index is 1.68. The zero-order valence-electron chi connectivity index (χ0n) is 18.7. The SMILES string of the molecule is COc1ccccc1N1C(=O)C(O)=C(C(=O)c2cc3cc(Cl)cc(OC)c3o2)C1c1cccnc1. The number of rotatable bonds is 6. The number of furan rings is 1. The van der Waals surface area contributed by atoms with Crippen molar-refractivity contribution in [2.75, 3.05) is 19.1 Å².